The van der Waals surface area contributed by atoms with Gasteiger partial charge in [0.15, 0.2) is 0 Å². The molecular weight excluding hydrogens is 282 g/mol. The maximum absolute atomic E-state index is 12.2. The van der Waals surface area contributed by atoms with Crippen molar-refractivity contribution in [2.24, 2.45) is 0 Å². The Hall–Kier alpha value is -1.78. The molecule has 4 heteroatoms. The summed E-state index contributed by atoms with van der Waals surface area (Å²) in [6.07, 6.45) is 2.04. The molecule has 0 aromatic heterocycles. The molecular formula is C17H19NO2S. The fourth-order valence-corrected chi connectivity index (χ4v) is 2.60. The molecule has 3 nitrogen and oxygen atoms in total. The van der Waals surface area contributed by atoms with Crippen LogP contribution in [0.4, 0.5) is 0 Å². The average molecular weight is 301 g/mol. The van der Waals surface area contributed by atoms with Crippen molar-refractivity contribution in [2.75, 3.05) is 6.26 Å². The Morgan fingerprint density at radius 1 is 1.10 bits per heavy atom. The maximum atomic E-state index is 12.2. The molecule has 0 bridgehead atoms. The number of amides is 1. The Balaban J connectivity index is 1.99. The van der Waals surface area contributed by atoms with E-state index in [2.05, 4.69) is 5.32 Å². The highest BCUT2D eigenvalue weighted by Crippen LogP contribution is 2.12. The molecule has 21 heavy (non-hydrogen) atoms. The standard InChI is InChI=1S/C17H19NO2S/c1-21-12-15-6-3-7-16(9-15)17(20)18-10-13-4-2-5-14(8-13)11-19/h2-9,19H,10-12H2,1H3,(H,18,20). The van der Waals surface area contributed by atoms with Gasteiger partial charge in [0.05, 0.1) is 6.61 Å². The number of carbonyl (C=O) groups excluding carboxylic acids is 1. The van der Waals surface area contributed by atoms with Gasteiger partial charge in [0.2, 0.25) is 0 Å². The van der Waals surface area contributed by atoms with Crippen molar-refractivity contribution in [1.29, 1.82) is 0 Å². The number of benzene rings is 2. The van der Waals surface area contributed by atoms with Crippen LogP contribution >= 0.6 is 11.8 Å². The minimum Gasteiger partial charge on any atom is -0.392 e. The lowest BCUT2D eigenvalue weighted by molar-refractivity contribution is 0.0951. The average Bonchev–Trinajstić information content (AvgIpc) is 2.53. The van der Waals surface area contributed by atoms with Crippen LogP contribution in [0.15, 0.2) is 48.5 Å². The third kappa shape index (κ3) is 4.62. The Bertz CT molecular complexity index is 613. The highest BCUT2D eigenvalue weighted by atomic mass is 32.2. The molecule has 0 fully saturated rings. The minimum absolute atomic E-state index is 0.0124. The second-order valence-electron chi connectivity index (χ2n) is 4.79. The molecule has 0 aliphatic carbocycles. The van der Waals surface area contributed by atoms with E-state index in [9.17, 15) is 4.79 Å². The van der Waals surface area contributed by atoms with Crippen molar-refractivity contribution in [3.8, 4) is 0 Å². The van der Waals surface area contributed by atoms with Crippen LogP contribution in [0, 0.1) is 0 Å². The zero-order valence-corrected chi connectivity index (χ0v) is 12.8. The maximum Gasteiger partial charge on any atom is 0.251 e. The second kappa shape index (κ2) is 7.86. The van der Waals surface area contributed by atoms with Gasteiger partial charge in [-0.1, -0.05) is 36.4 Å². The number of hydrogen-bond acceptors (Lipinski definition) is 3. The molecule has 2 N–H and O–H groups in total. The Morgan fingerprint density at radius 2 is 1.81 bits per heavy atom. The van der Waals surface area contributed by atoms with Crippen molar-refractivity contribution < 1.29 is 9.90 Å². The predicted octanol–water partition coefficient (Wildman–Crippen LogP) is 2.97. The van der Waals surface area contributed by atoms with E-state index in [1.165, 1.54) is 0 Å². The smallest absolute Gasteiger partial charge is 0.251 e. The van der Waals surface area contributed by atoms with Gasteiger partial charge in [0, 0.05) is 17.9 Å². The first-order chi connectivity index (χ1) is 10.2. The van der Waals surface area contributed by atoms with Gasteiger partial charge in [0.1, 0.15) is 0 Å². The van der Waals surface area contributed by atoms with E-state index in [0.717, 1.165) is 22.4 Å². The van der Waals surface area contributed by atoms with Gasteiger partial charge in [-0.3, -0.25) is 4.79 Å². The second-order valence-corrected chi connectivity index (χ2v) is 5.66. The van der Waals surface area contributed by atoms with E-state index >= 15 is 0 Å². The zero-order valence-electron chi connectivity index (χ0n) is 12.0. The first-order valence-corrected chi connectivity index (χ1v) is 8.17. The largest absolute Gasteiger partial charge is 0.392 e. The van der Waals surface area contributed by atoms with Crippen molar-refractivity contribution in [3.05, 3.63) is 70.8 Å². The van der Waals surface area contributed by atoms with Gasteiger partial charge in [-0.15, -0.1) is 0 Å². The van der Waals surface area contributed by atoms with Crippen LogP contribution in [0.1, 0.15) is 27.0 Å². The highest BCUT2D eigenvalue weighted by molar-refractivity contribution is 7.97. The number of nitrogens with one attached hydrogen (secondary N) is 1. The monoisotopic (exact) mass is 301 g/mol. The number of aliphatic hydroxyl groups excluding tert-OH is 1. The molecule has 2 aromatic carbocycles. The third-order valence-electron chi connectivity index (χ3n) is 3.13. The third-order valence-corrected chi connectivity index (χ3v) is 3.75. The number of thioether (sulfide) groups is 1. The van der Waals surface area contributed by atoms with E-state index in [1.807, 2.05) is 54.8 Å². The number of aliphatic hydroxyl groups is 1. The van der Waals surface area contributed by atoms with Crippen LogP contribution in [0.5, 0.6) is 0 Å². The molecule has 0 radical (unpaired) electrons. The van der Waals surface area contributed by atoms with Gasteiger partial charge < -0.3 is 10.4 Å². The van der Waals surface area contributed by atoms with Crippen molar-refractivity contribution >= 4 is 17.7 Å². The summed E-state index contributed by atoms with van der Waals surface area (Å²) in [6, 6.07) is 15.3. The van der Waals surface area contributed by atoms with Crippen LogP contribution in [-0.4, -0.2) is 17.3 Å². The van der Waals surface area contributed by atoms with E-state index in [0.29, 0.717) is 12.1 Å². The molecule has 110 valence electrons. The van der Waals surface area contributed by atoms with Crippen molar-refractivity contribution in [2.45, 2.75) is 18.9 Å². The topological polar surface area (TPSA) is 49.3 Å². The van der Waals surface area contributed by atoms with Crippen LogP contribution in [-0.2, 0) is 18.9 Å². The molecule has 0 saturated carbocycles. The van der Waals surface area contributed by atoms with Crippen LogP contribution in [0.2, 0.25) is 0 Å². The molecule has 0 unspecified atom stereocenters. The van der Waals surface area contributed by atoms with E-state index in [1.54, 1.807) is 11.8 Å². The lowest BCUT2D eigenvalue weighted by Gasteiger charge is -2.08. The summed E-state index contributed by atoms with van der Waals surface area (Å²) in [7, 11) is 0. The molecule has 2 aromatic rings. The van der Waals surface area contributed by atoms with Gasteiger partial charge in [-0.05, 0) is 35.1 Å². The fourth-order valence-electron chi connectivity index (χ4n) is 2.09. The lowest BCUT2D eigenvalue weighted by Crippen LogP contribution is -2.22. The van der Waals surface area contributed by atoms with Crippen LogP contribution < -0.4 is 5.32 Å². The summed E-state index contributed by atoms with van der Waals surface area (Å²) in [5, 5.41) is 12.0. The highest BCUT2D eigenvalue weighted by Gasteiger charge is 2.06. The Kier molecular flexibility index (Phi) is 5.84. The zero-order chi connectivity index (χ0) is 15.1. The van der Waals surface area contributed by atoms with Crippen molar-refractivity contribution in [3.63, 3.8) is 0 Å². The van der Waals surface area contributed by atoms with E-state index in [4.69, 9.17) is 5.11 Å². The summed E-state index contributed by atoms with van der Waals surface area (Å²) in [4.78, 5) is 12.2. The SMILES string of the molecule is CSCc1cccc(C(=O)NCc2cccc(CO)c2)c1. The summed E-state index contributed by atoms with van der Waals surface area (Å²) < 4.78 is 0. The number of rotatable bonds is 6. The number of hydrogen-bond donors (Lipinski definition) is 2. The molecule has 0 aliphatic rings. The molecule has 0 spiro atoms. The van der Waals surface area contributed by atoms with Gasteiger partial charge in [0.25, 0.3) is 5.91 Å². The predicted molar refractivity (Wildman–Crippen MR) is 87.2 cm³/mol. The molecule has 0 atom stereocenters. The van der Waals surface area contributed by atoms with Gasteiger partial charge in [-0.2, -0.15) is 11.8 Å². The van der Waals surface area contributed by atoms with Crippen LogP contribution in [0.3, 0.4) is 0 Å². The molecule has 1 amide bonds. The first kappa shape index (κ1) is 15.6. The summed E-state index contributed by atoms with van der Waals surface area (Å²) in [5.74, 6) is 0.826. The minimum atomic E-state index is -0.0765. The molecule has 0 heterocycles. The quantitative estimate of drug-likeness (QED) is 0.862. The first-order valence-electron chi connectivity index (χ1n) is 6.77. The molecule has 2 rings (SSSR count). The molecule has 0 aliphatic heterocycles. The van der Waals surface area contributed by atoms with E-state index in [-0.39, 0.29) is 12.5 Å². The lowest BCUT2D eigenvalue weighted by atomic mass is 10.1. The summed E-state index contributed by atoms with van der Waals surface area (Å²) in [6.45, 7) is 0.470. The normalized spacial score (nSPS) is 10.4. The molecule has 0 saturated heterocycles. The van der Waals surface area contributed by atoms with Crippen molar-refractivity contribution in [1.82, 2.24) is 5.32 Å². The Labute approximate surface area is 129 Å². The summed E-state index contributed by atoms with van der Waals surface area (Å²) >= 11 is 1.73. The Morgan fingerprint density at radius 3 is 2.57 bits per heavy atom. The fraction of sp³-hybridized carbons (Fsp3) is 0.235. The number of carbonyl (C=O) groups is 1. The summed E-state index contributed by atoms with van der Waals surface area (Å²) in [5.41, 5.74) is 3.66. The van der Waals surface area contributed by atoms with Crippen LogP contribution in [0.25, 0.3) is 0 Å². The van der Waals surface area contributed by atoms with Gasteiger partial charge >= 0.3 is 0 Å². The van der Waals surface area contributed by atoms with E-state index < -0.39 is 0 Å². The van der Waals surface area contributed by atoms with Gasteiger partial charge in [-0.25, -0.2) is 0 Å².